The van der Waals surface area contributed by atoms with Gasteiger partial charge < -0.3 is 4.90 Å². The molecule has 0 amide bonds. The second-order valence-corrected chi connectivity index (χ2v) is 13.9. The van der Waals surface area contributed by atoms with Crippen LogP contribution in [0.5, 0.6) is 0 Å². The Morgan fingerprint density at radius 3 is 1.93 bits per heavy atom. The lowest BCUT2D eigenvalue weighted by molar-refractivity contribution is 0.877. The molecule has 1 aliphatic rings. The van der Waals surface area contributed by atoms with Crippen molar-refractivity contribution in [3.63, 3.8) is 0 Å². The zero-order valence-electron chi connectivity index (χ0n) is 27.5. The van der Waals surface area contributed by atoms with Crippen molar-refractivity contribution < 1.29 is 0 Å². The van der Waals surface area contributed by atoms with Crippen molar-refractivity contribution in [1.82, 2.24) is 0 Å². The van der Waals surface area contributed by atoms with Crippen LogP contribution in [0.25, 0.3) is 32.3 Å². The number of para-hydroxylation sites is 2. The summed E-state index contributed by atoms with van der Waals surface area (Å²) >= 11 is 0. The van der Waals surface area contributed by atoms with Gasteiger partial charge in [-0.25, -0.2) is 0 Å². The average Bonchev–Trinajstić information content (AvgIpc) is 3.02. The Morgan fingerprint density at radius 2 is 1.22 bits per heavy atom. The first-order valence-electron chi connectivity index (χ1n) is 16.5. The number of hydrogen-bond acceptors (Lipinski definition) is 1. The predicted molar refractivity (Wildman–Crippen MR) is 198 cm³/mol. The summed E-state index contributed by atoms with van der Waals surface area (Å²) in [5.41, 5.74) is 15.0. The molecule has 0 saturated carbocycles. The first-order chi connectivity index (χ1) is 21.8. The molecule has 1 nitrogen and oxygen atoms in total. The van der Waals surface area contributed by atoms with Gasteiger partial charge in [0.25, 0.3) is 0 Å². The molecule has 0 fully saturated rings. The van der Waals surface area contributed by atoms with Crippen molar-refractivity contribution in [3.8, 4) is 0 Å². The molecule has 0 N–H and O–H groups in total. The Bertz CT molecular complexity index is 2240. The molecule has 0 atom stereocenters. The molecule has 1 heterocycles. The van der Waals surface area contributed by atoms with E-state index < -0.39 is 0 Å². The predicted octanol–water partition coefficient (Wildman–Crippen LogP) is 10.1. The third-order valence-corrected chi connectivity index (χ3v) is 10.3. The Balaban J connectivity index is 1.64. The van der Waals surface area contributed by atoms with Gasteiger partial charge in [0, 0.05) is 22.4 Å². The van der Waals surface area contributed by atoms with Crippen molar-refractivity contribution in [1.29, 1.82) is 0 Å². The van der Waals surface area contributed by atoms with Gasteiger partial charge in [-0.2, -0.15) is 0 Å². The van der Waals surface area contributed by atoms with E-state index in [9.17, 15) is 0 Å². The number of hydrogen-bond donors (Lipinski definition) is 0. The van der Waals surface area contributed by atoms with E-state index in [1.165, 1.54) is 93.6 Å². The standard InChI is InChI=1S/C43H40BN/c1-25(2)32-19-17-30-18-20-34-38(26(3)4)42-43(35-22-21-33(32)39(30)40(34)35)45(31-13-9-8-10-14-31)37-16-12-11-15-36(37)44(42)41-28(6)23-27(5)24-29(41)7/h8-26H,1-7H3. The summed E-state index contributed by atoms with van der Waals surface area (Å²) in [7, 11) is 0. The van der Waals surface area contributed by atoms with E-state index in [-0.39, 0.29) is 6.71 Å². The van der Waals surface area contributed by atoms with Gasteiger partial charge in [0.05, 0.1) is 0 Å². The van der Waals surface area contributed by atoms with Crippen LogP contribution >= 0.6 is 0 Å². The van der Waals surface area contributed by atoms with Crippen molar-refractivity contribution in [3.05, 3.63) is 131 Å². The number of anilines is 3. The highest BCUT2D eigenvalue weighted by molar-refractivity contribution is 6.99. The molecule has 7 aromatic rings. The quantitative estimate of drug-likeness (QED) is 0.148. The lowest BCUT2D eigenvalue weighted by Gasteiger charge is -2.41. The molecule has 1 aliphatic heterocycles. The first-order valence-corrected chi connectivity index (χ1v) is 16.5. The number of fused-ring (bicyclic) bond motifs is 3. The van der Waals surface area contributed by atoms with Crippen LogP contribution in [0, 0.1) is 20.8 Å². The summed E-state index contributed by atoms with van der Waals surface area (Å²) < 4.78 is 0. The van der Waals surface area contributed by atoms with E-state index in [2.05, 4.69) is 156 Å². The largest absolute Gasteiger partial charge is 0.311 e. The molecule has 0 unspecified atom stereocenters. The maximum absolute atomic E-state index is 2.57. The highest BCUT2D eigenvalue weighted by atomic mass is 15.2. The van der Waals surface area contributed by atoms with Crippen LogP contribution in [0.15, 0.2) is 103 Å². The number of aryl methyl sites for hydroxylation is 3. The monoisotopic (exact) mass is 581 g/mol. The highest BCUT2D eigenvalue weighted by Crippen LogP contribution is 2.48. The topological polar surface area (TPSA) is 3.24 Å². The zero-order valence-corrected chi connectivity index (χ0v) is 27.5. The van der Waals surface area contributed by atoms with Gasteiger partial charge in [-0.15, -0.1) is 0 Å². The Hall–Kier alpha value is -4.56. The molecular weight excluding hydrogens is 541 g/mol. The van der Waals surface area contributed by atoms with Gasteiger partial charge >= 0.3 is 0 Å². The summed E-state index contributed by atoms with van der Waals surface area (Å²) in [5, 5.41) is 8.27. The fraction of sp³-hybridized carbons (Fsp3) is 0.209. The molecule has 220 valence electrons. The number of benzene rings is 7. The van der Waals surface area contributed by atoms with Crippen LogP contribution in [0.4, 0.5) is 17.1 Å². The van der Waals surface area contributed by atoms with Crippen molar-refractivity contribution in [2.45, 2.75) is 60.3 Å². The summed E-state index contributed by atoms with van der Waals surface area (Å²) in [6, 6.07) is 39.2. The van der Waals surface area contributed by atoms with Gasteiger partial charge in [-0.3, -0.25) is 0 Å². The molecule has 0 aliphatic carbocycles. The van der Waals surface area contributed by atoms with Crippen LogP contribution in [0.2, 0.25) is 0 Å². The van der Waals surface area contributed by atoms with Crippen LogP contribution < -0.4 is 21.3 Å². The number of rotatable bonds is 4. The summed E-state index contributed by atoms with van der Waals surface area (Å²) in [5.74, 6) is 0.793. The highest BCUT2D eigenvalue weighted by Gasteiger charge is 2.40. The average molecular weight is 582 g/mol. The maximum Gasteiger partial charge on any atom is 0.247 e. The Kier molecular flexibility index (Phi) is 6.36. The van der Waals surface area contributed by atoms with Gasteiger partial charge in [-0.05, 0) is 99.8 Å². The lowest BCUT2D eigenvalue weighted by Crippen LogP contribution is -2.60. The molecule has 7 aromatic carbocycles. The first kappa shape index (κ1) is 28.0. The van der Waals surface area contributed by atoms with Crippen LogP contribution in [0.3, 0.4) is 0 Å². The van der Waals surface area contributed by atoms with Gasteiger partial charge in [0.15, 0.2) is 0 Å². The second kappa shape index (κ2) is 10.2. The lowest BCUT2D eigenvalue weighted by atomic mass is 9.32. The van der Waals surface area contributed by atoms with Gasteiger partial charge in [-0.1, -0.05) is 135 Å². The molecule has 8 rings (SSSR count). The molecule has 0 bridgehead atoms. The normalized spacial score (nSPS) is 13.1. The minimum absolute atomic E-state index is 0.127. The van der Waals surface area contributed by atoms with Gasteiger partial charge in [0.2, 0.25) is 6.71 Å². The molecule has 0 aromatic heterocycles. The second-order valence-electron chi connectivity index (χ2n) is 13.9. The minimum atomic E-state index is 0.127. The third-order valence-electron chi connectivity index (χ3n) is 10.3. The fourth-order valence-corrected chi connectivity index (χ4v) is 8.67. The fourth-order valence-electron chi connectivity index (χ4n) is 8.67. The van der Waals surface area contributed by atoms with Crippen LogP contribution in [-0.2, 0) is 0 Å². The van der Waals surface area contributed by atoms with Crippen molar-refractivity contribution in [2.24, 2.45) is 0 Å². The van der Waals surface area contributed by atoms with Crippen LogP contribution in [-0.4, -0.2) is 6.71 Å². The summed E-state index contributed by atoms with van der Waals surface area (Å²) in [6.45, 7) is 16.4. The van der Waals surface area contributed by atoms with Gasteiger partial charge in [0.1, 0.15) is 0 Å². The third kappa shape index (κ3) is 4.01. The van der Waals surface area contributed by atoms with Crippen molar-refractivity contribution in [2.75, 3.05) is 4.90 Å². The summed E-state index contributed by atoms with van der Waals surface area (Å²) in [6.07, 6.45) is 0. The Labute approximate surface area is 267 Å². The van der Waals surface area contributed by atoms with E-state index in [4.69, 9.17) is 0 Å². The van der Waals surface area contributed by atoms with Crippen LogP contribution in [0.1, 0.15) is 67.3 Å². The van der Waals surface area contributed by atoms with Crippen molar-refractivity contribution >= 4 is 72.5 Å². The Morgan fingerprint density at radius 1 is 0.578 bits per heavy atom. The van der Waals surface area contributed by atoms with E-state index in [0.717, 1.165) is 0 Å². The molecular formula is C43H40BN. The van der Waals surface area contributed by atoms with E-state index >= 15 is 0 Å². The molecule has 0 spiro atoms. The van der Waals surface area contributed by atoms with E-state index in [0.29, 0.717) is 11.8 Å². The SMILES string of the molecule is Cc1cc(C)c(B2c3ccccc3N(c3ccccc3)c3c2c(C(C)C)c2ccc4ccc(C(C)C)c5ccc3c2c45)c(C)c1. The smallest absolute Gasteiger partial charge is 0.247 e. The number of nitrogens with zero attached hydrogens (tertiary/aromatic N) is 1. The van der Waals surface area contributed by atoms with E-state index in [1.807, 2.05) is 0 Å². The van der Waals surface area contributed by atoms with E-state index in [1.54, 1.807) is 0 Å². The zero-order chi connectivity index (χ0) is 31.1. The molecule has 0 radical (unpaired) electrons. The molecule has 45 heavy (non-hydrogen) atoms. The summed E-state index contributed by atoms with van der Waals surface area (Å²) in [4.78, 5) is 2.57. The maximum atomic E-state index is 2.57. The molecule has 0 saturated heterocycles. The minimum Gasteiger partial charge on any atom is -0.311 e. The molecule has 2 heteroatoms.